The first-order valence-electron chi connectivity index (χ1n) is 7.69. The van der Waals surface area contributed by atoms with Crippen LogP contribution in [0.15, 0.2) is 10.5 Å². The van der Waals surface area contributed by atoms with E-state index in [1.807, 2.05) is 13.8 Å². The number of primary amides is 1. The number of aryl methyl sites for hydroxylation is 1. The molecule has 124 valence electrons. The van der Waals surface area contributed by atoms with Crippen LogP contribution in [0.3, 0.4) is 0 Å². The quantitative estimate of drug-likeness (QED) is 0.762. The highest BCUT2D eigenvalue weighted by molar-refractivity contribution is 9.10. The Labute approximate surface area is 142 Å². The zero-order valence-corrected chi connectivity index (χ0v) is 14.8. The average Bonchev–Trinajstić information content (AvgIpc) is 2.82. The van der Waals surface area contributed by atoms with Gasteiger partial charge >= 0.3 is 0 Å². The summed E-state index contributed by atoms with van der Waals surface area (Å²) in [5.74, 6) is -0.735. The Morgan fingerprint density at radius 3 is 2.87 bits per heavy atom. The first-order chi connectivity index (χ1) is 10.7. The van der Waals surface area contributed by atoms with Gasteiger partial charge in [-0.1, -0.05) is 0 Å². The van der Waals surface area contributed by atoms with Crippen LogP contribution in [-0.2, 0) is 24.1 Å². The highest BCUT2D eigenvalue weighted by Crippen LogP contribution is 2.40. The van der Waals surface area contributed by atoms with Gasteiger partial charge in [-0.2, -0.15) is 0 Å². The summed E-state index contributed by atoms with van der Waals surface area (Å²) in [6.07, 6.45) is 2.31. The number of rotatable bonds is 3. The van der Waals surface area contributed by atoms with Gasteiger partial charge in [0.15, 0.2) is 0 Å². The van der Waals surface area contributed by atoms with Gasteiger partial charge in [0, 0.05) is 11.1 Å². The molecule has 0 spiro atoms. The molecule has 0 saturated heterocycles. The number of halogens is 2. The second-order valence-electron chi connectivity index (χ2n) is 6.90. The minimum absolute atomic E-state index is 0.00495. The summed E-state index contributed by atoms with van der Waals surface area (Å²) in [6, 6.07) is 1.35. The fourth-order valence-electron chi connectivity index (χ4n) is 3.53. The van der Waals surface area contributed by atoms with E-state index in [4.69, 9.17) is 5.73 Å². The standard InChI is InChI=1S/C17H20BrFN2O2/c1-17(2,23)9-3-4-10-12(7-9)21-16-8(6-13(20)22)5-11(19)15(18)14(10)16/h5,9,21,23H,3-4,6-7H2,1-2H3,(H2,20,22). The Morgan fingerprint density at radius 2 is 2.26 bits per heavy atom. The molecule has 1 amide bonds. The normalized spacial score (nSPS) is 18.2. The summed E-state index contributed by atoms with van der Waals surface area (Å²) in [6.45, 7) is 3.64. The van der Waals surface area contributed by atoms with E-state index >= 15 is 0 Å². The number of aliphatic hydroxyl groups is 1. The topological polar surface area (TPSA) is 79.1 Å². The van der Waals surface area contributed by atoms with Crippen molar-refractivity contribution in [3.05, 3.63) is 33.2 Å². The maximum Gasteiger partial charge on any atom is 0.221 e. The fraction of sp³-hybridized carbons (Fsp3) is 0.471. The van der Waals surface area contributed by atoms with E-state index in [1.54, 1.807) is 0 Å². The molecule has 1 aliphatic carbocycles. The monoisotopic (exact) mass is 382 g/mol. The number of fused-ring (bicyclic) bond motifs is 3. The van der Waals surface area contributed by atoms with Crippen LogP contribution in [0.4, 0.5) is 4.39 Å². The zero-order chi connectivity index (χ0) is 16.9. The number of nitrogens with one attached hydrogen (secondary N) is 1. The van der Waals surface area contributed by atoms with Crippen molar-refractivity contribution in [1.82, 2.24) is 4.98 Å². The van der Waals surface area contributed by atoms with Gasteiger partial charge in [-0.25, -0.2) is 4.39 Å². The van der Waals surface area contributed by atoms with Crippen molar-refractivity contribution in [3.8, 4) is 0 Å². The molecular weight excluding hydrogens is 363 g/mol. The van der Waals surface area contributed by atoms with Crippen LogP contribution in [0.2, 0.25) is 0 Å². The number of nitrogens with two attached hydrogens (primary N) is 1. The minimum Gasteiger partial charge on any atom is -0.390 e. The Hall–Kier alpha value is -1.40. The van der Waals surface area contributed by atoms with Crippen LogP contribution in [0.1, 0.15) is 37.1 Å². The fourth-order valence-corrected chi connectivity index (χ4v) is 4.08. The number of aromatic nitrogens is 1. The van der Waals surface area contributed by atoms with Gasteiger partial charge in [0.1, 0.15) is 5.82 Å². The molecule has 0 aliphatic heterocycles. The van der Waals surface area contributed by atoms with Gasteiger partial charge in [0.25, 0.3) is 0 Å². The zero-order valence-electron chi connectivity index (χ0n) is 13.2. The summed E-state index contributed by atoms with van der Waals surface area (Å²) in [4.78, 5) is 14.6. The van der Waals surface area contributed by atoms with E-state index in [2.05, 4.69) is 20.9 Å². The van der Waals surface area contributed by atoms with E-state index in [1.165, 1.54) is 6.07 Å². The third-order valence-corrected chi connectivity index (χ3v) is 5.58. The number of H-pyrrole nitrogens is 1. The van der Waals surface area contributed by atoms with Crippen LogP contribution in [0, 0.1) is 11.7 Å². The van der Waals surface area contributed by atoms with E-state index in [9.17, 15) is 14.3 Å². The largest absolute Gasteiger partial charge is 0.390 e. The molecule has 0 fully saturated rings. The predicted molar refractivity (Wildman–Crippen MR) is 90.7 cm³/mol. The first kappa shape index (κ1) is 16.5. The Kier molecular flexibility index (Phi) is 4.01. The molecule has 3 rings (SSSR count). The number of hydrogen-bond donors (Lipinski definition) is 3. The highest BCUT2D eigenvalue weighted by Gasteiger charge is 2.33. The molecule has 1 aromatic heterocycles. The molecule has 1 unspecified atom stereocenters. The molecule has 1 heterocycles. The van der Waals surface area contributed by atoms with E-state index in [0.29, 0.717) is 16.5 Å². The van der Waals surface area contributed by atoms with Crippen LogP contribution in [0.25, 0.3) is 10.9 Å². The third kappa shape index (κ3) is 2.90. The van der Waals surface area contributed by atoms with Crippen molar-refractivity contribution < 1.29 is 14.3 Å². The summed E-state index contributed by atoms with van der Waals surface area (Å²) in [5, 5.41) is 11.1. The molecule has 1 aromatic carbocycles. The van der Waals surface area contributed by atoms with E-state index < -0.39 is 11.5 Å². The number of carbonyl (C=O) groups excluding carboxylic acids is 1. The molecule has 1 atom stereocenters. The third-order valence-electron chi connectivity index (χ3n) is 4.80. The van der Waals surface area contributed by atoms with Crippen LogP contribution >= 0.6 is 15.9 Å². The summed E-state index contributed by atoms with van der Waals surface area (Å²) in [5.41, 5.74) is 7.94. The SMILES string of the molecule is CC(C)(O)C1CCc2c([nH]c3c(CC(N)=O)cc(F)c(Br)c23)C1. The minimum atomic E-state index is -0.756. The average molecular weight is 383 g/mol. The van der Waals surface area contributed by atoms with Crippen LogP contribution in [0.5, 0.6) is 0 Å². The molecule has 6 heteroatoms. The van der Waals surface area contributed by atoms with Gasteiger partial charge in [0.2, 0.25) is 5.91 Å². The van der Waals surface area contributed by atoms with Crippen molar-refractivity contribution in [2.24, 2.45) is 11.7 Å². The van der Waals surface area contributed by atoms with Crippen molar-refractivity contribution in [2.75, 3.05) is 0 Å². The first-order valence-corrected chi connectivity index (χ1v) is 8.48. The van der Waals surface area contributed by atoms with Gasteiger partial charge < -0.3 is 15.8 Å². The Bertz CT molecular complexity index is 792. The van der Waals surface area contributed by atoms with Crippen molar-refractivity contribution in [2.45, 2.75) is 45.1 Å². The van der Waals surface area contributed by atoms with Gasteiger partial charge in [-0.05, 0) is 72.2 Å². The highest BCUT2D eigenvalue weighted by atomic mass is 79.9. The van der Waals surface area contributed by atoms with Crippen molar-refractivity contribution in [3.63, 3.8) is 0 Å². The molecule has 0 saturated carbocycles. The molecule has 2 aromatic rings. The second kappa shape index (κ2) is 5.60. The number of carbonyl (C=O) groups is 1. The lowest BCUT2D eigenvalue weighted by Gasteiger charge is -2.32. The van der Waals surface area contributed by atoms with Crippen molar-refractivity contribution >= 4 is 32.7 Å². The summed E-state index contributed by atoms with van der Waals surface area (Å²) >= 11 is 3.33. The lowest BCUT2D eigenvalue weighted by atomic mass is 9.78. The molecule has 4 nitrogen and oxygen atoms in total. The maximum atomic E-state index is 14.2. The van der Waals surface area contributed by atoms with Crippen molar-refractivity contribution in [1.29, 1.82) is 0 Å². The Morgan fingerprint density at radius 1 is 1.57 bits per heavy atom. The number of aromatic amines is 1. The molecule has 0 bridgehead atoms. The van der Waals surface area contributed by atoms with E-state index in [0.717, 1.165) is 35.0 Å². The molecule has 1 aliphatic rings. The number of hydrogen-bond acceptors (Lipinski definition) is 2. The number of benzene rings is 1. The van der Waals surface area contributed by atoms with Crippen LogP contribution in [-0.4, -0.2) is 21.6 Å². The van der Waals surface area contributed by atoms with Gasteiger partial charge in [-0.3, -0.25) is 4.79 Å². The van der Waals surface area contributed by atoms with Gasteiger partial charge in [0.05, 0.1) is 22.0 Å². The Balaban J connectivity index is 2.16. The number of amides is 1. The lowest BCUT2D eigenvalue weighted by Crippen LogP contribution is -2.34. The summed E-state index contributed by atoms with van der Waals surface area (Å²) in [7, 11) is 0. The lowest BCUT2D eigenvalue weighted by molar-refractivity contribution is -0.117. The van der Waals surface area contributed by atoms with E-state index in [-0.39, 0.29) is 18.2 Å². The smallest absolute Gasteiger partial charge is 0.221 e. The van der Waals surface area contributed by atoms with Crippen LogP contribution < -0.4 is 5.73 Å². The molecule has 0 radical (unpaired) electrons. The summed E-state index contributed by atoms with van der Waals surface area (Å²) < 4.78 is 14.6. The molecular formula is C17H20BrFN2O2. The predicted octanol–water partition coefficient (Wildman–Crippen LogP) is 2.97. The van der Waals surface area contributed by atoms with Gasteiger partial charge in [-0.15, -0.1) is 0 Å². The maximum absolute atomic E-state index is 14.2. The molecule has 23 heavy (non-hydrogen) atoms. The second-order valence-corrected chi connectivity index (χ2v) is 7.69. The molecule has 4 N–H and O–H groups in total.